The number of hydrogen-bond acceptors (Lipinski definition) is 3. The lowest BCUT2D eigenvalue weighted by Gasteiger charge is -2.27. The Morgan fingerprint density at radius 3 is 2.67 bits per heavy atom. The number of halogens is 1. The van der Waals surface area contributed by atoms with Crippen molar-refractivity contribution in [2.45, 2.75) is 26.8 Å². The van der Waals surface area contributed by atoms with E-state index in [-0.39, 0.29) is 11.9 Å². The van der Waals surface area contributed by atoms with Crippen LogP contribution in [0.25, 0.3) is 0 Å². The zero-order valence-electron chi connectivity index (χ0n) is 11.4. The third-order valence-corrected chi connectivity index (χ3v) is 2.92. The zero-order chi connectivity index (χ0) is 13.5. The summed E-state index contributed by atoms with van der Waals surface area (Å²) >= 11 is 0. The van der Waals surface area contributed by atoms with E-state index in [1.165, 1.54) is 6.07 Å². The molecule has 3 nitrogen and oxygen atoms in total. The van der Waals surface area contributed by atoms with Crippen LogP contribution in [0.2, 0.25) is 0 Å². The fraction of sp³-hybridized carbons (Fsp3) is 0.571. The Hall–Kier alpha value is -1.13. The SMILES string of the molecule is CCOCCN(CC)c1c(F)cccc1[C@H](C)N. The Morgan fingerprint density at radius 1 is 1.39 bits per heavy atom. The lowest BCUT2D eigenvalue weighted by molar-refractivity contribution is 0.154. The van der Waals surface area contributed by atoms with Gasteiger partial charge in [-0.2, -0.15) is 0 Å². The molecule has 0 heterocycles. The molecule has 102 valence electrons. The maximum absolute atomic E-state index is 14.0. The van der Waals surface area contributed by atoms with Crippen molar-refractivity contribution in [3.05, 3.63) is 29.6 Å². The van der Waals surface area contributed by atoms with E-state index < -0.39 is 0 Å². The highest BCUT2D eigenvalue weighted by atomic mass is 19.1. The Kier molecular flexibility index (Phi) is 6.09. The van der Waals surface area contributed by atoms with Crippen molar-refractivity contribution in [2.24, 2.45) is 5.73 Å². The van der Waals surface area contributed by atoms with Crippen LogP contribution < -0.4 is 10.6 Å². The summed E-state index contributed by atoms with van der Waals surface area (Å²) in [5, 5.41) is 0. The van der Waals surface area contributed by atoms with E-state index in [1.54, 1.807) is 6.07 Å². The summed E-state index contributed by atoms with van der Waals surface area (Å²) in [6.45, 7) is 8.50. The van der Waals surface area contributed by atoms with Gasteiger partial charge in [0.1, 0.15) is 5.82 Å². The lowest BCUT2D eigenvalue weighted by Crippen LogP contribution is -2.30. The number of benzene rings is 1. The van der Waals surface area contributed by atoms with E-state index in [2.05, 4.69) is 0 Å². The third-order valence-electron chi connectivity index (χ3n) is 2.92. The molecule has 0 aliphatic rings. The van der Waals surface area contributed by atoms with Gasteiger partial charge in [-0.05, 0) is 32.4 Å². The van der Waals surface area contributed by atoms with Crippen molar-refractivity contribution in [1.82, 2.24) is 0 Å². The minimum Gasteiger partial charge on any atom is -0.380 e. The van der Waals surface area contributed by atoms with E-state index in [0.717, 1.165) is 12.1 Å². The standard InChI is InChI=1S/C14H23FN2O/c1-4-17(9-10-18-5-2)14-12(11(3)16)7-6-8-13(14)15/h6-8,11H,4-5,9-10,16H2,1-3H3/t11-/m0/s1. The van der Waals surface area contributed by atoms with Crippen LogP contribution in [0.1, 0.15) is 32.4 Å². The first-order valence-electron chi connectivity index (χ1n) is 6.48. The Labute approximate surface area is 109 Å². The number of anilines is 1. The molecule has 0 saturated heterocycles. The number of likely N-dealkylation sites (N-methyl/N-ethyl adjacent to an activating group) is 1. The molecule has 2 N–H and O–H groups in total. The summed E-state index contributed by atoms with van der Waals surface area (Å²) in [4.78, 5) is 1.98. The normalized spacial score (nSPS) is 12.5. The number of nitrogens with zero attached hydrogens (tertiary/aromatic N) is 1. The van der Waals surface area contributed by atoms with Crippen LogP contribution in [0.15, 0.2) is 18.2 Å². The molecule has 0 radical (unpaired) electrons. The molecular formula is C14H23FN2O. The molecule has 0 aliphatic carbocycles. The highest BCUT2D eigenvalue weighted by Crippen LogP contribution is 2.28. The fourth-order valence-electron chi connectivity index (χ4n) is 1.98. The van der Waals surface area contributed by atoms with Crippen molar-refractivity contribution in [3.8, 4) is 0 Å². The van der Waals surface area contributed by atoms with E-state index >= 15 is 0 Å². The van der Waals surface area contributed by atoms with Gasteiger partial charge in [0.25, 0.3) is 0 Å². The number of para-hydroxylation sites is 1. The Bertz CT molecular complexity index is 369. The second-order valence-corrected chi connectivity index (χ2v) is 4.24. The zero-order valence-corrected chi connectivity index (χ0v) is 11.4. The highest BCUT2D eigenvalue weighted by molar-refractivity contribution is 5.56. The molecule has 1 aromatic rings. The van der Waals surface area contributed by atoms with E-state index in [0.29, 0.717) is 25.4 Å². The maximum Gasteiger partial charge on any atom is 0.146 e. The van der Waals surface area contributed by atoms with Gasteiger partial charge in [0.15, 0.2) is 0 Å². The third kappa shape index (κ3) is 3.68. The second kappa shape index (κ2) is 7.34. The van der Waals surface area contributed by atoms with E-state index in [9.17, 15) is 4.39 Å². The Balaban J connectivity index is 2.96. The predicted molar refractivity (Wildman–Crippen MR) is 73.4 cm³/mol. The van der Waals surface area contributed by atoms with Gasteiger partial charge in [-0.1, -0.05) is 12.1 Å². The quantitative estimate of drug-likeness (QED) is 0.760. The minimum absolute atomic E-state index is 0.183. The summed E-state index contributed by atoms with van der Waals surface area (Å²) in [7, 11) is 0. The molecule has 0 amide bonds. The summed E-state index contributed by atoms with van der Waals surface area (Å²) in [6, 6.07) is 4.88. The predicted octanol–water partition coefficient (Wildman–Crippen LogP) is 2.71. The fourth-order valence-corrected chi connectivity index (χ4v) is 1.98. The number of rotatable bonds is 7. The maximum atomic E-state index is 14.0. The van der Waals surface area contributed by atoms with E-state index in [1.807, 2.05) is 31.7 Å². The van der Waals surface area contributed by atoms with Gasteiger partial charge in [-0.15, -0.1) is 0 Å². The van der Waals surface area contributed by atoms with Crippen LogP contribution in [-0.4, -0.2) is 26.3 Å². The molecule has 0 bridgehead atoms. The number of nitrogens with two attached hydrogens (primary N) is 1. The summed E-state index contributed by atoms with van der Waals surface area (Å²) < 4.78 is 19.4. The summed E-state index contributed by atoms with van der Waals surface area (Å²) in [5.41, 5.74) is 7.35. The van der Waals surface area contributed by atoms with Gasteiger partial charge in [-0.25, -0.2) is 4.39 Å². The first-order valence-corrected chi connectivity index (χ1v) is 6.48. The van der Waals surface area contributed by atoms with Crippen LogP contribution >= 0.6 is 0 Å². The molecular weight excluding hydrogens is 231 g/mol. The average molecular weight is 254 g/mol. The van der Waals surface area contributed by atoms with Crippen LogP contribution in [0.4, 0.5) is 10.1 Å². The van der Waals surface area contributed by atoms with Crippen molar-refractivity contribution in [2.75, 3.05) is 31.2 Å². The summed E-state index contributed by atoms with van der Waals surface area (Å²) in [5.74, 6) is -0.219. The molecule has 0 saturated carbocycles. The molecule has 1 atom stereocenters. The largest absolute Gasteiger partial charge is 0.380 e. The van der Waals surface area contributed by atoms with Crippen LogP contribution in [-0.2, 0) is 4.74 Å². The van der Waals surface area contributed by atoms with Crippen LogP contribution in [0, 0.1) is 5.82 Å². The number of hydrogen-bond donors (Lipinski definition) is 1. The minimum atomic E-state index is -0.219. The molecule has 0 fully saturated rings. The molecule has 0 unspecified atom stereocenters. The first kappa shape index (κ1) is 14.9. The molecule has 0 spiro atoms. The highest BCUT2D eigenvalue weighted by Gasteiger charge is 2.16. The molecule has 1 aromatic carbocycles. The first-order chi connectivity index (χ1) is 8.61. The van der Waals surface area contributed by atoms with Gasteiger partial charge in [0.05, 0.1) is 12.3 Å². The van der Waals surface area contributed by atoms with Gasteiger partial charge in [-0.3, -0.25) is 0 Å². The van der Waals surface area contributed by atoms with Crippen molar-refractivity contribution < 1.29 is 9.13 Å². The van der Waals surface area contributed by atoms with Crippen molar-refractivity contribution in [1.29, 1.82) is 0 Å². The van der Waals surface area contributed by atoms with Crippen molar-refractivity contribution in [3.63, 3.8) is 0 Å². The lowest BCUT2D eigenvalue weighted by atomic mass is 10.1. The average Bonchev–Trinajstić information content (AvgIpc) is 2.35. The van der Waals surface area contributed by atoms with E-state index in [4.69, 9.17) is 10.5 Å². The van der Waals surface area contributed by atoms with Gasteiger partial charge in [0.2, 0.25) is 0 Å². The smallest absolute Gasteiger partial charge is 0.146 e. The van der Waals surface area contributed by atoms with Gasteiger partial charge < -0.3 is 15.4 Å². The van der Waals surface area contributed by atoms with Gasteiger partial charge >= 0.3 is 0 Å². The number of ether oxygens (including phenoxy) is 1. The van der Waals surface area contributed by atoms with Gasteiger partial charge in [0, 0.05) is 25.7 Å². The topological polar surface area (TPSA) is 38.5 Å². The molecule has 4 heteroatoms. The van der Waals surface area contributed by atoms with Crippen LogP contribution in [0.3, 0.4) is 0 Å². The molecule has 0 aliphatic heterocycles. The molecule has 0 aromatic heterocycles. The Morgan fingerprint density at radius 2 is 2.11 bits per heavy atom. The second-order valence-electron chi connectivity index (χ2n) is 4.24. The molecule has 1 rings (SSSR count). The summed E-state index contributed by atoms with van der Waals surface area (Å²) in [6.07, 6.45) is 0. The van der Waals surface area contributed by atoms with Crippen LogP contribution in [0.5, 0.6) is 0 Å². The monoisotopic (exact) mass is 254 g/mol. The molecule has 18 heavy (non-hydrogen) atoms. The van der Waals surface area contributed by atoms with Crippen molar-refractivity contribution >= 4 is 5.69 Å².